The van der Waals surface area contributed by atoms with E-state index in [0.717, 1.165) is 16.2 Å². The molecule has 10 nitrogen and oxygen atoms in total. The zero-order valence-corrected chi connectivity index (χ0v) is 24.2. The van der Waals surface area contributed by atoms with Crippen LogP contribution in [-0.2, 0) is 0 Å². The molecule has 0 aliphatic heterocycles. The molecule has 0 saturated heterocycles. The molecule has 1 amide bonds. The number of anilines is 1. The fourth-order valence-electron chi connectivity index (χ4n) is 4.53. The number of nitrogens with one attached hydrogen (secondary N) is 1. The Labute approximate surface area is 245 Å². The second-order valence-corrected chi connectivity index (χ2v) is 10.0. The van der Waals surface area contributed by atoms with Crippen molar-refractivity contribution in [1.29, 1.82) is 0 Å². The van der Waals surface area contributed by atoms with Crippen molar-refractivity contribution in [3.8, 4) is 28.7 Å². The number of pyridine rings is 1. The summed E-state index contributed by atoms with van der Waals surface area (Å²) in [7, 11) is 3.02. The Morgan fingerprint density at radius 3 is 2.26 bits per heavy atom. The topological polar surface area (TPSA) is 114 Å². The van der Waals surface area contributed by atoms with Gasteiger partial charge in [-0.25, -0.2) is 13.8 Å². The van der Waals surface area contributed by atoms with E-state index in [1.54, 1.807) is 56.3 Å². The molecular weight excluding hydrogens is 555 g/mol. The van der Waals surface area contributed by atoms with Gasteiger partial charge in [-0.3, -0.25) is 19.1 Å². The highest BCUT2D eigenvalue weighted by molar-refractivity contribution is 6.04. The van der Waals surface area contributed by atoms with Gasteiger partial charge in [-0.15, -0.1) is 0 Å². The van der Waals surface area contributed by atoms with Gasteiger partial charge in [0.15, 0.2) is 23.1 Å². The molecule has 0 radical (unpaired) electrons. The highest BCUT2D eigenvalue weighted by Gasteiger charge is 2.21. The van der Waals surface area contributed by atoms with E-state index in [4.69, 9.17) is 14.2 Å². The highest BCUT2D eigenvalue weighted by atomic mass is 19.1. The van der Waals surface area contributed by atoms with Gasteiger partial charge in [-0.2, -0.15) is 0 Å². The number of methoxy groups -OCH3 is 2. The highest BCUT2D eigenvalue weighted by Crippen LogP contribution is 2.37. The molecule has 0 spiro atoms. The summed E-state index contributed by atoms with van der Waals surface area (Å²) in [5, 5.41) is 3.13. The number of halogens is 1. The van der Waals surface area contributed by atoms with Crippen LogP contribution >= 0.6 is 0 Å². The first-order valence-corrected chi connectivity index (χ1v) is 13.4. The van der Waals surface area contributed by atoms with Crippen LogP contribution in [0.1, 0.15) is 35.8 Å². The van der Waals surface area contributed by atoms with Crippen molar-refractivity contribution < 1.29 is 23.4 Å². The summed E-state index contributed by atoms with van der Waals surface area (Å²) in [6, 6.07) is 15.3. The molecule has 11 heteroatoms. The number of hydrogen-bond donors (Lipinski definition) is 1. The van der Waals surface area contributed by atoms with Crippen molar-refractivity contribution in [3.63, 3.8) is 0 Å². The van der Waals surface area contributed by atoms with Crippen LogP contribution < -0.4 is 30.8 Å². The van der Waals surface area contributed by atoms with Gasteiger partial charge >= 0.3 is 5.69 Å². The molecule has 0 aliphatic carbocycles. The van der Waals surface area contributed by atoms with Crippen molar-refractivity contribution in [2.24, 2.45) is 0 Å². The molecule has 2 heterocycles. The second kappa shape index (κ2) is 11.8. The minimum atomic E-state index is -0.797. The van der Waals surface area contributed by atoms with Gasteiger partial charge in [-0.1, -0.05) is 17.7 Å². The molecule has 43 heavy (non-hydrogen) atoms. The van der Waals surface area contributed by atoms with Crippen LogP contribution in [0.25, 0.3) is 16.6 Å². The Bertz CT molecular complexity index is 1960. The van der Waals surface area contributed by atoms with Crippen molar-refractivity contribution >= 4 is 22.5 Å². The standard InChI is InChI=1S/C32H29FN4O6/c1-18(2)36-17-23(31(39)37(32(36)40)21-9-6-19(3)7-10-21)30(38)35-20-8-11-27(24(33)14-20)43-26-12-13-34-25-16-29(42-5)28(41-4)15-22(25)26/h6-18H,1-5H3,(H,35,38). The predicted octanol–water partition coefficient (Wildman–Crippen LogP) is 5.64. The summed E-state index contributed by atoms with van der Waals surface area (Å²) in [6.07, 6.45) is 2.75. The number of fused-ring (bicyclic) bond motifs is 1. The van der Waals surface area contributed by atoms with Crippen LogP contribution in [0.3, 0.4) is 0 Å². The van der Waals surface area contributed by atoms with Gasteiger partial charge in [0, 0.05) is 41.6 Å². The van der Waals surface area contributed by atoms with Crippen LogP contribution in [-0.4, -0.2) is 34.2 Å². The minimum Gasteiger partial charge on any atom is -0.493 e. The number of amides is 1. The molecule has 1 N–H and O–H groups in total. The molecule has 2 aromatic heterocycles. The smallest absolute Gasteiger partial charge is 0.335 e. The number of nitrogens with zero attached hydrogens (tertiary/aromatic N) is 3. The first-order chi connectivity index (χ1) is 20.6. The lowest BCUT2D eigenvalue weighted by atomic mass is 10.1. The summed E-state index contributed by atoms with van der Waals surface area (Å²) in [4.78, 5) is 44.1. The molecular formula is C32H29FN4O6. The molecule has 220 valence electrons. The number of carbonyl (C=O) groups is 1. The third-order valence-electron chi connectivity index (χ3n) is 6.82. The zero-order valence-electron chi connectivity index (χ0n) is 24.2. The fraction of sp³-hybridized carbons (Fsp3) is 0.188. The summed E-state index contributed by atoms with van der Waals surface area (Å²) in [5.41, 5.74) is 0.274. The molecule has 0 fully saturated rings. The van der Waals surface area contributed by atoms with E-state index in [1.807, 2.05) is 6.92 Å². The zero-order chi connectivity index (χ0) is 30.8. The molecule has 0 aliphatic rings. The number of hydrogen-bond acceptors (Lipinski definition) is 7. The van der Waals surface area contributed by atoms with Gasteiger partial charge in [0.2, 0.25) is 0 Å². The average molecular weight is 585 g/mol. The Morgan fingerprint density at radius 1 is 0.907 bits per heavy atom. The Morgan fingerprint density at radius 2 is 1.60 bits per heavy atom. The summed E-state index contributed by atoms with van der Waals surface area (Å²) in [5.74, 6) is -0.386. The lowest BCUT2D eigenvalue weighted by molar-refractivity contribution is 0.102. The van der Waals surface area contributed by atoms with Crippen LogP contribution in [0.5, 0.6) is 23.0 Å². The SMILES string of the molecule is COc1cc2nccc(Oc3ccc(NC(=O)c4cn(C(C)C)c(=O)n(-c5ccc(C)cc5)c4=O)cc3F)c2cc1OC. The van der Waals surface area contributed by atoms with E-state index in [2.05, 4.69) is 10.3 Å². The number of ether oxygens (including phenoxy) is 3. The number of carbonyl (C=O) groups excluding carboxylic acids is 1. The van der Waals surface area contributed by atoms with E-state index in [9.17, 15) is 14.4 Å². The van der Waals surface area contributed by atoms with Gasteiger partial charge in [-0.05, 0) is 57.2 Å². The number of aromatic nitrogens is 3. The lowest BCUT2D eigenvalue weighted by Crippen LogP contribution is -2.42. The van der Waals surface area contributed by atoms with Crippen LogP contribution in [0.2, 0.25) is 0 Å². The predicted molar refractivity (Wildman–Crippen MR) is 161 cm³/mol. The van der Waals surface area contributed by atoms with E-state index in [0.29, 0.717) is 33.8 Å². The maximum atomic E-state index is 15.2. The Hall–Kier alpha value is -5.45. The van der Waals surface area contributed by atoms with Crippen molar-refractivity contribution in [3.05, 3.63) is 111 Å². The summed E-state index contributed by atoms with van der Waals surface area (Å²) in [6.45, 7) is 5.41. The van der Waals surface area contributed by atoms with Crippen LogP contribution in [0.15, 0.2) is 82.6 Å². The van der Waals surface area contributed by atoms with Crippen molar-refractivity contribution in [2.75, 3.05) is 19.5 Å². The van der Waals surface area contributed by atoms with E-state index >= 15 is 4.39 Å². The third kappa shape index (κ3) is 5.69. The Kier molecular flexibility index (Phi) is 7.98. The van der Waals surface area contributed by atoms with Gasteiger partial charge in [0.05, 0.1) is 25.4 Å². The van der Waals surface area contributed by atoms with Crippen LogP contribution in [0, 0.1) is 12.7 Å². The molecule has 0 bridgehead atoms. The number of benzene rings is 3. The number of rotatable bonds is 8. The largest absolute Gasteiger partial charge is 0.493 e. The molecule has 0 saturated carbocycles. The van der Waals surface area contributed by atoms with E-state index in [-0.39, 0.29) is 23.0 Å². The van der Waals surface area contributed by atoms with Crippen molar-refractivity contribution in [1.82, 2.24) is 14.1 Å². The van der Waals surface area contributed by atoms with E-state index in [1.165, 1.54) is 43.3 Å². The quantitative estimate of drug-likeness (QED) is 0.251. The van der Waals surface area contributed by atoms with Crippen molar-refractivity contribution in [2.45, 2.75) is 26.8 Å². The first kappa shape index (κ1) is 29.1. The maximum Gasteiger partial charge on any atom is 0.335 e. The monoisotopic (exact) mass is 584 g/mol. The number of aryl methyl sites for hydroxylation is 1. The average Bonchev–Trinajstić information content (AvgIpc) is 2.98. The first-order valence-electron chi connectivity index (χ1n) is 13.4. The second-order valence-electron chi connectivity index (χ2n) is 10.0. The van der Waals surface area contributed by atoms with Crippen LogP contribution in [0.4, 0.5) is 10.1 Å². The normalized spacial score (nSPS) is 11.0. The molecule has 0 unspecified atom stereocenters. The fourth-order valence-corrected chi connectivity index (χ4v) is 4.53. The molecule has 5 aromatic rings. The summed E-state index contributed by atoms with van der Waals surface area (Å²) >= 11 is 0. The maximum absolute atomic E-state index is 15.2. The minimum absolute atomic E-state index is 0.0874. The van der Waals surface area contributed by atoms with Gasteiger partial charge in [0.25, 0.3) is 11.5 Å². The summed E-state index contributed by atoms with van der Waals surface area (Å²) < 4.78 is 34.0. The van der Waals surface area contributed by atoms with E-state index < -0.39 is 23.0 Å². The third-order valence-corrected chi connectivity index (χ3v) is 6.82. The Balaban J connectivity index is 1.45. The molecule has 3 aromatic carbocycles. The lowest BCUT2D eigenvalue weighted by Gasteiger charge is -2.16. The van der Waals surface area contributed by atoms with Gasteiger partial charge < -0.3 is 19.5 Å². The molecule has 0 atom stereocenters. The molecule has 5 rings (SSSR count). The van der Waals surface area contributed by atoms with Gasteiger partial charge in [0.1, 0.15) is 11.3 Å².